The van der Waals surface area contributed by atoms with Gasteiger partial charge in [-0.25, -0.2) is 0 Å². The Morgan fingerprint density at radius 3 is 2.76 bits per heavy atom. The van der Waals surface area contributed by atoms with Crippen LogP contribution in [0.5, 0.6) is 5.75 Å². The highest BCUT2D eigenvalue weighted by atomic mass is 35.5. The summed E-state index contributed by atoms with van der Waals surface area (Å²) in [5.74, 6) is 2.27. The van der Waals surface area contributed by atoms with Crippen LogP contribution in [0.25, 0.3) is 0 Å². The third-order valence-electron chi connectivity index (χ3n) is 2.49. The lowest BCUT2D eigenvalue weighted by Gasteiger charge is -2.06. The van der Waals surface area contributed by atoms with Crippen LogP contribution in [0, 0.1) is 6.92 Å². The van der Waals surface area contributed by atoms with Crippen molar-refractivity contribution < 1.29 is 9.15 Å². The Balaban J connectivity index is 2.07. The average molecular weight is 252 g/mol. The van der Waals surface area contributed by atoms with E-state index in [1.54, 1.807) is 6.07 Å². The molecule has 0 spiro atoms. The van der Waals surface area contributed by atoms with Gasteiger partial charge in [-0.1, -0.05) is 23.7 Å². The first-order valence-electron chi connectivity index (χ1n) is 5.36. The minimum Gasteiger partial charge on any atom is -0.487 e. The quantitative estimate of drug-likeness (QED) is 0.907. The van der Waals surface area contributed by atoms with Crippen molar-refractivity contribution in [1.29, 1.82) is 0 Å². The molecule has 1 aromatic carbocycles. The molecule has 0 unspecified atom stereocenters. The Labute approximate surface area is 105 Å². The zero-order chi connectivity index (χ0) is 12.3. The number of para-hydroxylation sites is 1. The SMILES string of the molecule is Cc1oc(CN)cc1COc1ccccc1Cl. The van der Waals surface area contributed by atoms with Crippen molar-refractivity contribution >= 4 is 11.6 Å². The molecule has 0 fully saturated rings. The van der Waals surface area contributed by atoms with Gasteiger partial charge in [0.2, 0.25) is 0 Å². The molecule has 0 radical (unpaired) electrons. The van der Waals surface area contributed by atoms with E-state index >= 15 is 0 Å². The van der Waals surface area contributed by atoms with E-state index in [-0.39, 0.29) is 0 Å². The van der Waals surface area contributed by atoms with E-state index in [0.29, 0.717) is 23.9 Å². The fourth-order valence-corrected chi connectivity index (χ4v) is 1.74. The summed E-state index contributed by atoms with van der Waals surface area (Å²) in [6.07, 6.45) is 0. The lowest BCUT2D eigenvalue weighted by atomic mass is 10.2. The van der Waals surface area contributed by atoms with Crippen LogP contribution >= 0.6 is 11.6 Å². The Kier molecular flexibility index (Phi) is 3.71. The van der Waals surface area contributed by atoms with E-state index in [2.05, 4.69) is 0 Å². The van der Waals surface area contributed by atoms with Crippen molar-refractivity contribution in [3.8, 4) is 5.75 Å². The van der Waals surface area contributed by atoms with Gasteiger partial charge in [0.05, 0.1) is 11.6 Å². The summed E-state index contributed by atoms with van der Waals surface area (Å²) in [4.78, 5) is 0. The standard InChI is InChI=1S/C13H14ClNO2/c1-9-10(6-11(7-15)17-9)8-16-13-5-3-2-4-12(13)14/h2-6H,7-8,15H2,1H3. The summed E-state index contributed by atoms with van der Waals surface area (Å²) in [6, 6.07) is 9.29. The van der Waals surface area contributed by atoms with Crippen molar-refractivity contribution in [3.63, 3.8) is 0 Å². The van der Waals surface area contributed by atoms with Crippen LogP contribution in [-0.2, 0) is 13.2 Å². The highest BCUT2D eigenvalue weighted by Crippen LogP contribution is 2.25. The number of ether oxygens (including phenoxy) is 1. The molecule has 0 atom stereocenters. The number of aryl methyl sites for hydroxylation is 1. The molecule has 0 aliphatic rings. The summed E-state index contributed by atoms with van der Waals surface area (Å²) in [7, 11) is 0. The van der Waals surface area contributed by atoms with Gasteiger partial charge in [-0.3, -0.25) is 0 Å². The minimum atomic E-state index is 0.396. The summed E-state index contributed by atoms with van der Waals surface area (Å²) in [5, 5.41) is 0.604. The van der Waals surface area contributed by atoms with Crippen LogP contribution in [-0.4, -0.2) is 0 Å². The third-order valence-corrected chi connectivity index (χ3v) is 2.80. The zero-order valence-electron chi connectivity index (χ0n) is 9.57. The second-order valence-electron chi connectivity index (χ2n) is 3.72. The molecular formula is C13H14ClNO2. The molecule has 1 heterocycles. The predicted octanol–water partition coefficient (Wildman–Crippen LogP) is 3.28. The van der Waals surface area contributed by atoms with Gasteiger partial charge < -0.3 is 14.9 Å². The second kappa shape index (κ2) is 5.25. The number of hydrogen-bond donors (Lipinski definition) is 1. The van der Waals surface area contributed by atoms with Crippen molar-refractivity contribution in [2.24, 2.45) is 5.73 Å². The van der Waals surface area contributed by atoms with Crippen LogP contribution < -0.4 is 10.5 Å². The lowest BCUT2D eigenvalue weighted by molar-refractivity contribution is 0.303. The Bertz CT molecular complexity index is 508. The van der Waals surface area contributed by atoms with Gasteiger partial charge >= 0.3 is 0 Å². The van der Waals surface area contributed by atoms with Gasteiger partial charge in [0, 0.05) is 5.56 Å². The monoisotopic (exact) mass is 251 g/mol. The van der Waals surface area contributed by atoms with E-state index in [4.69, 9.17) is 26.5 Å². The van der Waals surface area contributed by atoms with E-state index in [1.807, 2.05) is 31.2 Å². The van der Waals surface area contributed by atoms with Gasteiger partial charge in [0.1, 0.15) is 23.9 Å². The number of benzene rings is 1. The van der Waals surface area contributed by atoms with Crippen molar-refractivity contribution in [2.45, 2.75) is 20.1 Å². The van der Waals surface area contributed by atoms with Crippen LogP contribution in [0.1, 0.15) is 17.1 Å². The molecule has 0 bridgehead atoms. The normalized spacial score (nSPS) is 10.5. The number of hydrogen-bond acceptors (Lipinski definition) is 3. The van der Waals surface area contributed by atoms with E-state index in [1.165, 1.54) is 0 Å². The first kappa shape index (κ1) is 12.0. The summed E-state index contributed by atoms with van der Waals surface area (Å²) < 4.78 is 11.1. The number of furan rings is 1. The highest BCUT2D eigenvalue weighted by Gasteiger charge is 2.08. The molecule has 2 rings (SSSR count). The molecule has 2 N–H and O–H groups in total. The molecular weight excluding hydrogens is 238 g/mol. The van der Waals surface area contributed by atoms with Gasteiger partial charge in [0.25, 0.3) is 0 Å². The van der Waals surface area contributed by atoms with Gasteiger partial charge in [0.15, 0.2) is 0 Å². The Hall–Kier alpha value is -1.45. The molecule has 0 saturated carbocycles. The molecule has 0 aliphatic carbocycles. The molecule has 17 heavy (non-hydrogen) atoms. The fourth-order valence-electron chi connectivity index (χ4n) is 1.55. The first-order chi connectivity index (χ1) is 8.20. The number of nitrogens with two attached hydrogens (primary N) is 1. The van der Waals surface area contributed by atoms with Crippen molar-refractivity contribution in [3.05, 3.63) is 52.4 Å². The molecule has 1 aromatic heterocycles. The summed E-state index contributed by atoms with van der Waals surface area (Å²) >= 11 is 5.99. The largest absolute Gasteiger partial charge is 0.487 e. The molecule has 0 aliphatic heterocycles. The zero-order valence-corrected chi connectivity index (χ0v) is 10.3. The highest BCUT2D eigenvalue weighted by molar-refractivity contribution is 6.32. The van der Waals surface area contributed by atoms with Gasteiger partial charge in [-0.05, 0) is 25.1 Å². The van der Waals surface area contributed by atoms with Gasteiger partial charge in [-0.2, -0.15) is 0 Å². The first-order valence-corrected chi connectivity index (χ1v) is 5.74. The fraction of sp³-hybridized carbons (Fsp3) is 0.231. The topological polar surface area (TPSA) is 48.4 Å². The van der Waals surface area contributed by atoms with E-state index in [0.717, 1.165) is 17.1 Å². The smallest absolute Gasteiger partial charge is 0.138 e. The minimum absolute atomic E-state index is 0.396. The molecule has 0 amide bonds. The number of rotatable bonds is 4. The van der Waals surface area contributed by atoms with E-state index < -0.39 is 0 Å². The van der Waals surface area contributed by atoms with E-state index in [9.17, 15) is 0 Å². The maximum Gasteiger partial charge on any atom is 0.138 e. The lowest BCUT2D eigenvalue weighted by Crippen LogP contribution is -1.96. The number of halogens is 1. The van der Waals surface area contributed by atoms with Crippen LogP contribution in [0.3, 0.4) is 0 Å². The maximum atomic E-state index is 5.99. The Morgan fingerprint density at radius 1 is 1.35 bits per heavy atom. The van der Waals surface area contributed by atoms with Gasteiger partial charge in [-0.15, -0.1) is 0 Å². The average Bonchev–Trinajstić information content (AvgIpc) is 2.69. The summed E-state index contributed by atoms with van der Waals surface area (Å²) in [6.45, 7) is 2.72. The van der Waals surface area contributed by atoms with Crippen LogP contribution in [0.15, 0.2) is 34.7 Å². The van der Waals surface area contributed by atoms with Crippen LogP contribution in [0.2, 0.25) is 5.02 Å². The predicted molar refractivity (Wildman–Crippen MR) is 67.1 cm³/mol. The molecule has 0 saturated heterocycles. The molecule has 4 heteroatoms. The van der Waals surface area contributed by atoms with Crippen molar-refractivity contribution in [1.82, 2.24) is 0 Å². The maximum absolute atomic E-state index is 5.99. The molecule has 90 valence electrons. The third kappa shape index (κ3) is 2.81. The molecule has 2 aromatic rings. The second-order valence-corrected chi connectivity index (χ2v) is 4.12. The summed E-state index contributed by atoms with van der Waals surface area (Å²) in [5.41, 5.74) is 6.50. The molecule has 3 nitrogen and oxygen atoms in total. The van der Waals surface area contributed by atoms with Crippen molar-refractivity contribution in [2.75, 3.05) is 0 Å². The van der Waals surface area contributed by atoms with Crippen LogP contribution in [0.4, 0.5) is 0 Å². The Morgan fingerprint density at radius 2 is 2.12 bits per heavy atom.